The monoisotopic (exact) mass is 262 g/mol. The Kier molecular flexibility index (Phi) is 5.79. The van der Waals surface area contributed by atoms with Crippen LogP contribution in [0.4, 0.5) is 0 Å². The van der Waals surface area contributed by atoms with E-state index in [0.717, 1.165) is 12.0 Å². The summed E-state index contributed by atoms with van der Waals surface area (Å²) in [6, 6.07) is 6.71. The smallest absolute Gasteiger partial charge is 0.335 e. The van der Waals surface area contributed by atoms with E-state index in [9.17, 15) is 9.59 Å². The number of rotatable bonds is 7. The minimum atomic E-state index is -0.932. The summed E-state index contributed by atoms with van der Waals surface area (Å²) in [5, 5.41) is 8.78. The molecule has 0 spiro atoms. The molecule has 0 heterocycles. The van der Waals surface area contributed by atoms with E-state index in [1.54, 1.807) is 24.3 Å². The van der Waals surface area contributed by atoms with E-state index in [2.05, 4.69) is 6.58 Å². The molecule has 1 aromatic rings. The molecule has 1 N–H and O–H groups in total. The van der Waals surface area contributed by atoms with Crippen molar-refractivity contribution in [2.45, 2.75) is 32.3 Å². The fourth-order valence-corrected chi connectivity index (χ4v) is 1.63. The fourth-order valence-electron chi connectivity index (χ4n) is 1.63. The number of hydrogen-bond donors (Lipinski definition) is 1. The van der Waals surface area contributed by atoms with Crippen LogP contribution in [0, 0.1) is 0 Å². The molecule has 0 amide bonds. The summed E-state index contributed by atoms with van der Waals surface area (Å²) >= 11 is 0. The molecule has 0 aliphatic carbocycles. The zero-order chi connectivity index (χ0) is 14.3. The zero-order valence-corrected chi connectivity index (χ0v) is 11.0. The largest absolute Gasteiger partial charge is 0.478 e. The lowest BCUT2D eigenvalue weighted by atomic mass is 10.1. The molecule has 0 saturated heterocycles. The number of esters is 1. The maximum Gasteiger partial charge on any atom is 0.335 e. The number of aryl methyl sites for hydroxylation is 1. The van der Waals surface area contributed by atoms with Gasteiger partial charge in [0, 0.05) is 0 Å². The second-order valence-corrected chi connectivity index (χ2v) is 4.33. The number of carboxylic acids is 1. The maximum absolute atomic E-state index is 11.2. The molecule has 0 aromatic heterocycles. The molecule has 0 radical (unpaired) electrons. The van der Waals surface area contributed by atoms with Crippen molar-refractivity contribution in [3.05, 3.63) is 48.0 Å². The Morgan fingerprint density at radius 3 is 2.53 bits per heavy atom. The summed E-state index contributed by atoms with van der Waals surface area (Å²) in [5.74, 6) is -1.21. The Labute approximate surface area is 112 Å². The van der Waals surface area contributed by atoms with Crippen LogP contribution in [-0.2, 0) is 16.0 Å². The molecule has 0 saturated carbocycles. The number of hydrogen-bond acceptors (Lipinski definition) is 3. The molecule has 1 aromatic carbocycles. The highest BCUT2D eigenvalue weighted by atomic mass is 16.5. The third-order valence-electron chi connectivity index (χ3n) is 2.68. The maximum atomic E-state index is 11.2. The van der Waals surface area contributed by atoms with Crippen molar-refractivity contribution in [2.24, 2.45) is 0 Å². The van der Waals surface area contributed by atoms with E-state index < -0.39 is 5.97 Å². The predicted octanol–water partition coefficient (Wildman–Crippen LogP) is 2.83. The van der Waals surface area contributed by atoms with Gasteiger partial charge in [0.25, 0.3) is 0 Å². The Hall–Kier alpha value is -2.10. The molecule has 4 heteroatoms. The van der Waals surface area contributed by atoms with E-state index >= 15 is 0 Å². The van der Waals surface area contributed by atoms with Crippen molar-refractivity contribution >= 4 is 11.9 Å². The van der Waals surface area contributed by atoms with Crippen LogP contribution in [0.15, 0.2) is 36.9 Å². The Balaban J connectivity index is 2.41. The van der Waals surface area contributed by atoms with Crippen LogP contribution in [-0.4, -0.2) is 23.1 Å². The summed E-state index contributed by atoms with van der Waals surface area (Å²) in [7, 11) is 0. The highest BCUT2D eigenvalue weighted by Gasteiger charge is 2.08. The van der Waals surface area contributed by atoms with Gasteiger partial charge in [0.1, 0.15) is 0 Å². The third kappa shape index (κ3) is 5.38. The summed E-state index contributed by atoms with van der Waals surface area (Å²) < 4.78 is 5.17. The van der Waals surface area contributed by atoms with Gasteiger partial charge in [-0.05, 0) is 37.5 Å². The first kappa shape index (κ1) is 15.0. The lowest BCUT2D eigenvalue weighted by molar-refractivity contribution is -0.147. The molecule has 4 nitrogen and oxygen atoms in total. The van der Waals surface area contributed by atoms with E-state index in [-0.39, 0.29) is 24.1 Å². The second-order valence-electron chi connectivity index (χ2n) is 4.33. The Morgan fingerprint density at radius 2 is 2.00 bits per heavy atom. The van der Waals surface area contributed by atoms with Gasteiger partial charge >= 0.3 is 11.9 Å². The van der Waals surface area contributed by atoms with Gasteiger partial charge in [0.05, 0.1) is 18.1 Å². The van der Waals surface area contributed by atoms with Crippen molar-refractivity contribution in [1.82, 2.24) is 0 Å². The lowest BCUT2D eigenvalue weighted by Gasteiger charge is -2.12. The molecule has 0 aliphatic heterocycles. The molecule has 1 rings (SSSR count). The van der Waals surface area contributed by atoms with Gasteiger partial charge in [-0.15, -0.1) is 6.58 Å². The van der Waals surface area contributed by atoms with Crippen LogP contribution in [0.2, 0.25) is 0 Å². The number of carbonyl (C=O) groups excluding carboxylic acids is 1. The van der Waals surface area contributed by atoms with Crippen LogP contribution < -0.4 is 0 Å². The fraction of sp³-hybridized carbons (Fsp3) is 0.333. The van der Waals surface area contributed by atoms with E-state index in [1.165, 1.54) is 6.08 Å². The van der Waals surface area contributed by atoms with Crippen LogP contribution >= 0.6 is 0 Å². The highest BCUT2D eigenvalue weighted by molar-refractivity contribution is 5.87. The van der Waals surface area contributed by atoms with Gasteiger partial charge in [-0.1, -0.05) is 18.2 Å². The SMILES string of the molecule is C=CCC(=O)OC(C)CCc1ccc(C(=O)O)cc1. The summed E-state index contributed by atoms with van der Waals surface area (Å²) in [6.45, 7) is 5.32. The molecular weight excluding hydrogens is 244 g/mol. The van der Waals surface area contributed by atoms with E-state index in [1.807, 2.05) is 6.92 Å². The number of benzene rings is 1. The second kappa shape index (κ2) is 7.36. The van der Waals surface area contributed by atoms with Crippen molar-refractivity contribution in [3.63, 3.8) is 0 Å². The molecule has 0 bridgehead atoms. The van der Waals surface area contributed by atoms with Crippen LogP contribution in [0.1, 0.15) is 35.7 Å². The van der Waals surface area contributed by atoms with Crippen LogP contribution in [0.3, 0.4) is 0 Å². The number of ether oxygens (including phenoxy) is 1. The van der Waals surface area contributed by atoms with Crippen LogP contribution in [0.25, 0.3) is 0 Å². The molecule has 1 atom stereocenters. The minimum Gasteiger partial charge on any atom is -0.478 e. The van der Waals surface area contributed by atoms with Gasteiger partial charge < -0.3 is 9.84 Å². The average molecular weight is 262 g/mol. The first-order valence-electron chi connectivity index (χ1n) is 6.15. The third-order valence-corrected chi connectivity index (χ3v) is 2.68. The summed E-state index contributed by atoms with van der Waals surface area (Å²) in [6.07, 6.45) is 3.02. The number of aromatic carboxylic acids is 1. The van der Waals surface area contributed by atoms with Gasteiger partial charge in [0.15, 0.2) is 0 Å². The first-order chi connectivity index (χ1) is 9.02. The van der Waals surface area contributed by atoms with Gasteiger partial charge in [-0.2, -0.15) is 0 Å². The molecular formula is C15H18O4. The quantitative estimate of drug-likeness (QED) is 0.606. The molecule has 102 valence electrons. The highest BCUT2D eigenvalue weighted by Crippen LogP contribution is 2.10. The average Bonchev–Trinajstić information content (AvgIpc) is 2.37. The molecule has 19 heavy (non-hydrogen) atoms. The summed E-state index contributed by atoms with van der Waals surface area (Å²) in [4.78, 5) is 21.9. The van der Waals surface area contributed by atoms with Crippen molar-refractivity contribution in [1.29, 1.82) is 0 Å². The Morgan fingerprint density at radius 1 is 1.37 bits per heavy atom. The normalized spacial score (nSPS) is 11.6. The Bertz CT molecular complexity index is 448. The van der Waals surface area contributed by atoms with Gasteiger partial charge in [-0.3, -0.25) is 4.79 Å². The first-order valence-corrected chi connectivity index (χ1v) is 6.15. The van der Waals surface area contributed by atoms with Gasteiger partial charge in [0.2, 0.25) is 0 Å². The topological polar surface area (TPSA) is 63.6 Å². The van der Waals surface area contributed by atoms with Crippen molar-refractivity contribution in [2.75, 3.05) is 0 Å². The predicted molar refractivity (Wildman–Crippen MR) is 72.1 cm³/mol. The zero-order valence-electron chi connectivity index (χ0n) is 11.0. The summed E-state index contributed by atoms with van der Waals surface area (Å²) in [5.41, 5.74) is 1.30. The molecule has 0 aliphatic rings. The van der Waals surface area contributed by atoms with Crippen molar-refractivity contribution in [3.8, 4) is 0 Å². The van der Waals surface area contributed by atoms with E-state index in [0.29, 0.717) is 6.42 Å². The number of carbonyl (C=O) groups is 2. The molecule has 1 unspecified atom stereocenters. The van der Waals surface area contributed by atoms with Gasteiger partial charge in [-0.25, -0.2) is 4.79 Å². The number of carboxylic acid groups (broad SMARTS) is 1. The minimum absolute atomic E-state index is 0.161. The standard InChI is InChI=1S/C15H18O4/c1-3-4-14(16)19-11(2)5-6-12-7-9-13(10-8-12)15(17)18/h3,7-11H,1,4-6H2,2H3,(H,17,18). The molecule has 0 fully saturated rings. The van der Waals surface area contributed by atoms with E-state index in [4.69, 9.17) is 9.84 Å². The van der Waals surface area contributed by atoms with Crippen molar-refractivity contribution < 1.29 is 19.4 Å². The van der Waals surface area contributed by atoms with Crippen LogP contribution in [0.5, 0.6) is 0 Å². The lowest BCUT2D eigenvalue weighted by Crippen LogP contribution is -2.14.